The Morgan fingerprint density at radius 2 is 1.95 bits per heavy atom. The maximum atomic E-state index is 9.99. The van der Waals surface area contributed by atoms with Crippen molar-refractivity contribution in [3.8, 4) is 5.75 Å². The second-order valence-electron chi connectivity index (χ2n) is 6.58. The van der Waals surface area contributed by atoms with Gasteiger partial charge in [0, 0.05) is 11.5 Å². The molecule has 2 nitrogen and oxygen atoms in total. The molecule has 2 aromatic carbocycles. The summed E-state index contributed by atoms with van der Waals surface area (Å²) in [7, 11) is 2.24. The molecule has 1 N–H and O–H groups in total. The largest absolute Gasteiger partial charge is 0.508 e. The van der Waals surface area contributed by atoms with Crippen molar-refractivity contribution in [2.24, 2.45) is 0 Å². The minimum absolute atomic E-state index is 0.0742. The van der Waals surface area contributed by atoms with Gasteiger partial charge in [-0.05, 0) is 61.7 Å². The van der Waals surface area contributed by atoms with E-state index in [4.69, 9.17) is 0 Å². The highest BCUT2D eigenvalue weighted by Crippen LogP contribution is 2.49. The predicted octanol–water partition coefficient (Wildman–Crippen LogP) is 3.33. The third-order valence-corrected chi connectivity index (χ3v) is 5.49. The monoisotopic (exact) mass is 279 g/mol. The van der Waals surface area contributed by atoms with E-state index in [2.05, 4.69) is 48.3 Å². The van der Waals surface area contributed by atoms with E-state index < -0.39 is 0 Å². The lowest BCUT2D eigenvalue weighted by Gasteiger charge is -2.50. The summed E-state index contributed by atoms with van der Waals surface area (Å²) in [6.07, 6.45) is 3.38. The molecule has 0 spiro atoms. The fourth-order valence-electron chi connectivity index (χ4n) is 4.30. The SMILES string of the molecule is CN1CCC2(c3ccccc3)CC1Cc1ccc(O)cc12. The third-order valence-electron chi connectivity index (χ3n) is 5.49. The van der Waals surface area contributed by atoms with Gasteiger partial charge < -0.3 is 10.0 Å². The molecule has 108 valence electrons. The van der Waals surface area contributed by atoms with Crippen LogP contribution in [0.1, 0.15) is 29.5 Å². The number of hydrogen-bond donors (Lipinski definition) is 1. The molecule has 2 aliphatic rings. The van der Waals surface area contributed by atoms with E-state index in [1.807, 2.05) is 12.1 Å². The number of fused-ring (bicyclic) bond motifs is 4. The van der Waals surface area contributed by atoms with Crippen LogP contribution in [0, 0.1) is 0 Å². The van der Waals surface area contributed by atoms with Crippen LogP contribution < -0.4 is 0 Å². The average Bonchev–Trinajstić information content (AvgIpc) is 2.52. The molecule has 0 radical (unpaired) electrons. The Kier molecular flexibility index (Phi) is 2.83. The van der Waals surface area contributed by atoms with Gasteiger partial charge >= 0.3 is 0 Å². The van der Waals surface area contributed by atoms with Gasteiger partial charge in [0.15, 0.2) is 0 Å². The van der Waals surface area contributed by atoms with Crippen molar-refractivity contribution in [1.82, 2.24) is 4.90 Å². The number of hydrogen-bond acceptors (Lipinski definition) is 2. The van der Waals surface area contributed by atoms with Crippen LogP contribution in [0.15, 0.2) is 48.5 Å². The summed E-state index contributed by atoms with van der Waals surface area (Å²) < 4.78 is 0. The van der Waals surface area contributed by atoms with Crippen LogP contribution in [0.25, 0.3) is 0 Å². The van der Waals surface area contributed by atoms with Crippen LogP contribution in [0.4, 0.5) is 0 Å². The summed E-state index contributed by atoms with van der Waals surface area (Å²) in [6.45, 7) is 1.12. The second-order valence-corrected chi connectivity index (χ2v) is 6.58. The maximum absolute atomic E-state index is 9.99. The van der Waals surface area contributed by atoms with Gasteiger partial charge in [0.05, 0.1) is 0 Å². The zero-order valence-corrected chi connectivity index (χ0v) is 12.4. The van der Waals surface area contributed by atoms with Crippen LogP contribution in [-0.4, -0.2) is 29.6 Å². The van der Waals surface area contributed by atoms with E-state index in [-0.39, 0.29) is 5.41 Å². The van der Waals surface area contributed by atoms with Crippen molar-refractivity contribution in [3.63, 3.8) is 0 Å². The zero-order valence-electron chi connectivity index (χ0n) is 12.4. The molecule has 2 heteroatoms. The molecule has 0 amide bonds. The van der Waals surface area contributed by atoms with Gasteiger partial charge in [-0.1, -0.05) is 36.4 Å². The van der Waals surface area contributed by atoms with Crippen molar-refractivity contribution in [2.45, 2.75) is 30.7 Å². The molecule has 1 fully saturated rings. The Bertz CT molecular complexity index is 667. The van der Waals surface area contributed by atoms with Crippen molar-refractivity contribution in [2.75, 3.05) is 13.6 Å². The number of phenolic OH excluding ortho intramolecular Hbond substituents is 1. The van der Waals surface area contributed by atoms with Crippen molar-refractivity contribution in [1.29, 1.82) is 0 Å². The van der Waals surface area contributed by atoms with Crippen molar-refractivity contribution >= 4 is 0 Å². The summed E-state index contributed by atoms with van der Waals surface area (Å²) in [6, 6.07) is 17.4. The summed E-state index contributed by atoms with van der Waals surface area (Å²) >= 11 is 0. The van der Waals surface area contributed by atoms with E-state index in [0.717, 1.165) is 25.8 Å². The first-order valence-corrected chi connectivity index (χ1v) is 7.77. The van der Waals surface area contributed by atoms with E-state index in [0.29, 0.717) is 11.8 Å². The Morgan fingerprint density at radius 3 is 2.76 bits per heavy atom. The highest BCUT2D eigenvalue weighted by molar-refractivity contribution is 5.50. The number of rotatable bonds is 1. The molecule has 1 heterocycles. The number of aromatic hydroxyl groups is 1. The predicted molar refractivity (Wildman–Crippen MR) is 84.7 cm³/mol. The van der Waals surface area contributed by atoms with E-state index >= 15 is 0 Å². The molecular formula is C19H21NO. The average molecular weight is 279 g/mol. The smallest absolute Gasteiger partial charge is 0.115 e. The van der Waals surface area contributed by atoms with Crippen LogP contribution in [-0.2, 0) is 11.8 Å². The molecule has 2 bridgehead atoms. The van der Waals surface area contributed by atoms with Gasteiger partial charge in [-0.25, -0.2) is 0 Å². The first kappa shape index (κ1) is 12.9. The first-order chi connectivity index (χ1) is 10.2. The van der Waals surface area contributed by atoms with E-state index in [1.165, 1.54) is 16.7 Å². The quantitative estimate of drug-likeness (QED) is 0.865. The molecule has 1 aliphatic carbocycles. The van der Waals surface area contributed by atoms with Gasteiger partial charge in [-0.15, -0.1) is 0 Å². The Labute approximate surface area is 126 Å². The van der Waals surface area contributed by atoms with Crippen molar-refractivity contribution < 1.29 is 5.11 Å². The maximum Gasteiger partial charge on any atom is 0.115 e. The molecule has 1 aliphatic heterocycles. The van der Waals surface area contributed by atoms with Gasteiger partial charge in [0.2, 0.25) is 0 Å². The highest BCUT2D eigenvalue weighted by atomic mass is 16.3. The van der Waals surface area contributed by atoms with Crippen LogP contribution in [0.5, 0.6) is 5.75 Å². The summed E-state index contributed by atoms with van der Waals surface area (Å²) in [4.78, 5) is 2.50. The van der Waals surface area contributed by atoms with Gasteiger partial charge in [-0.3, -0.25) is 0 Å². The number of nitrogens with zero attached hydrogens (tertiary/aromatic N) is 1. The molecule has 21 heavy (non-hydrogen) atoms. The summed E-state index contributed by atoms with van der Waals surface area (Å²) in [5, 5.41) is 9.99. The lowest BCUT2D eigenvalue weighted by atomic mass is 9.60. The Balaban J connectivity index is 1.94. The molecule has 2 aromatic rings. The standard InChI is InChI=1S/C19H21NO/c1-20-10-9-19(15-5-3-2-4-6-15)13-16(20)11-14-7-8-17(21)12-18(14)19/h2-8,12,16,21H,9-11,13H2,1H3. The Morgan fingerprint density at radius 1 is 1.14 bits per heavy atom. The first-order valence-electron chi connectivity index (χ1n) is 7.77. The number of phenols is 1. The molecule has 2 unspecified atom stereocenters. The molecule has 2 atom stereocenters. The van der Waals surface area contributed by atoms with E-state index in [1.54, 1.807) is 0 Å². The fraction of sp³-hybridized carbons (Fsp3) is 0.368. The van der Waals surface area contributed by atoms with E-state index in [9.17, 15) is 5.11 Å². The third kappa shape index (κ3) is 1.90. The van der Waals surface area contributed by atoms with Gasteiger partial charge in [0.1, 0.15) is 5.75 Å². The van der Waals surface area contributed by atoms with Crippen LogP contribution in [0.3, 0.4) is 0 Å². The number of benzene rings is 2. The van der Waals surface area contributed by atoms with Crippen LogP contribution >= 0.6 is 0 Å². The summed E-state index contributed by atoms with van der Waals surface area (Å²) in [5.74, 6) is 0.390. The number of piperidine rings is 1. The van der Waals surface area contributed by atoms with Gasteiger partial charge in [-0.2, -0.15) is 0 Å². The minimum Gasteiger partial charge on any atom is -0.508 e. The molecule has 0 saturated carbocycles. The molecule has 1 saturated heterocycles. The Hall–Kier alpha value is -1.80. The summed E-state index contributed by atoms with van der Waals surface area (Å²) in [5.41, 5.74) is 4.22. The number of likely N-dealkylation sites (N-methyl/N-ethyl adjacent to an activating group) is 1. The lowest BCUT2D eigenvalue weighted by Crippen LogP contribution is -2.52. The second kappa shape index (κ2) is 4.60. The molecule has 4 rings (SSSR count). The zero-order chi connectivity index (χ0) is 14.4. The van der Waals surface area contributed by atoms with Gasteiger partial charge in [0.25, 0.3) is 0 Å². The molecular weight excluding hydrogens is 258 g/mol. The topological polar surface area (TPSA) is 23.5 Å². The lowest BCUT2D eigenvalue weighted by molar-refractivity contribution is 0.123. The number of likely N-dealkylation sites (tertiary alicyclic amines) is 1. The molecule has 0 aromatic heterocycles. The van der Waals surface area contributed by atoms with Crippen molar-refractivity contribution in [3.05, 3.63) is 65.2 Å². The highest BCUT2D eigenvalue weighted by Gasteiger charge is 2.45. The van der Waals surface area contributed by atoms with Crippen LogP contribution in [0.2, 0.25) is 0 Å². The fourth-order valence-corrected chi connectivity index (χ4v) is 4.30. The normalized spacial score (nSPS) is 28.1. The minimum atomic E-state index is 0.0742.